The van der Waals surface area contributed by atoms with Crippen LogP contribution in [0.4, 0.5) is 13.2 Å². The Morgan fingerprint density at radius 3 is 2.25 bits per heavy atom. The molecular weight excluding hydrogens is 289 g/mol. The van der Waals surface area contributed by atoms with Crippen LogP contribution in [-0.2, 0) is 11.2 Å². The second kappa shape index (κ2) is 6.35. The Bertz CT molecular complexity index is 490. The molecule has 1 N–H and O–H groups in total. The molecule has 0 amide bonds. The highest BCUT2D eigenvalue weighted by molar-refractivity contribution is 8.00. The first-order valence-electron chi connectivity index (χ1n) is 5.84. The monoisotopic (exact) mass is 304 g/mol. The number of rotatable bonds is 5. The van der Waals surface area contributed by atoms with Crippen LogP contribution < -0.4 is 0 Å². The number of ketones is 1. The van der Waals surface area contributed by atoms with E-state index in [1.807, 2.05) is 0 Å². The lowest BCUT2D eigenvalue weighted by Crippen LogP contribution is -2.25. The van der Waals surface area contributed by atoms with Gasteiger partial charge in [0.1, 0.15) is 0 Å². The molecule has 6 heteroatoms. The van der Waals surface area contributed by atoms with Gasteiger partial charge in [-0.1, -0.05) is 26.0 Å². The van der Waals surface area contributed by atoms with Crippen LogP contribution in [0.5, 0.6) is 0 Å². The average Bonchev–Trinajstić information content (AvgIpc) is 2.30. The summed E-state index contributed by atoms with van der Waals surface area (Å²) in [7, 11) is 0. The second-order valence-corrected chi connectivity index (χ2v) is 6.07. The largest absolute Gasteiger partial charge is 0.515 e. The molecule has 0 aromatic heterocycles. The lowest BCUT2D eigenvalue weighted by molar-refractivity contribution is -0.122. The maximum Gasteiger partial charge on any atom is 0.446 e. The zero-order valence-electron chi connectivity index (χ0n) is 11.1. The fourth-order valence-electron chi connectivity index (χ4n) is 1.70. The highest BCUT2D eigenvalue weighted by atomic mass is 32.2. The van der Waals surface area contributed by atoms with E-state index in [-0.39, 0.29) is 22.4 Å². The molecule has 1 aromatic carbocycles. The van der Waals surface area contributed by atoms with Gasteiger partial charge in [0.05, 0.1) is 6.26 Å². The molecule has 110 valence electrons. The van der Waals surface area contributed by atoms with Gasteiger partial charge >= 0.3 is 5.51 Å². The summed E-state index contributed by atoms with van der Waals surface area (Å²) in [5.74, 6) is -0.242. The summed E-state index contributed by atoms with van der Waals surface area (Å²) in [6.45, 7) is 3.43. The summed E-state index contributed by atoms with van der Waals surface area (Å²) in [4.78, 5) is 11.8. The molecule has 0 saturated carbocycles. The van der Waals surface area contributed by atoms with E-state index in [0.29, 0.717) is 12.7 Å². The normalized spacial score (nSPS) is 12.8. The molecule has 1 aromatic rings. The van der Waals surface area contributed by atoms with Gasteiger partial charge < -0.3 is 5.11 Å². The van der Waals surface area contributed by atoms with Crippen LogP contribution in [0.15, 0.2) is 41.5 Å². The van der Waals surface area contributed by atoms with E-state index in [1.54, 1.807) is 26.0 Å². The molecule has 0 atom stereocenters. The number of carbonyl (C=O) groups is 1. The third-order valence-corrected chi connectivity index (χ3v) is 3.44. The Morgan fingerprint density at radius 2 is 1.80 bits per heavy atom. The molecule has 0 radical (unpaired) electrons. The fraction of sp³-hybridized carbons (Fsp3) is 0.357. The first-order valence-corrected chi connectivity index (χ1v) is 6.65. The molecule has 0 aliphatic carbocycles. The van der Waals surface area contributed by atoms with Gasteiger partial charge in [0.25, 0.3) is 0 Å². The molecule has 0 aliphatic heterocycles. The van der Waals surface area contributed by atoms with Crippen molar-refractivity contribution in [3.05, 3.63) is 42.2 Å². The standard InChI is InChI=1S/C14H15F3O2S/c1-13(2,12(19)7-8-18)9-10-3-5-11(6-4-10)20-14(15,16)17/h3-8,18H,9H2,1-2H3. The predicted octanol–water partition coefficient (Wildman–Crippen LogP) is 4.51. The van der Waals surface area contributed by atoms with Crippen LogP contribution >= 0.6 is 11.8 Å². The van der Waals surface area contributed by atoms with Crippen molar-refractivity contribution in [3.8, 4) is 0 Å². The number of benzene rings is 1. The number of aliphatic hydroxyl groups is 1. The summed E-state index contributed by atoms with van der Waals surface area (Å²) < 4.78 is 36.6. The minimum Gasteiger partial charge on any atom is -0.515 e. The number of allylic oxidation sites excluding steroid dienone is 1. The van der Waals surface area contributed by atoms with E-state index < -0.39 is 10.9 Å². The van der Waals surface area contributed by atoms with E-state index in [1.165, 1.54) is 12.1 Å². The second-order valence-electron chi connectivity index (χ2n) is 4.93. The molecular formula is C14H15F3O2S. The van der Waals surface area contributed by atoms with Crippen molar-refractivity contribution in [2.75, 3.05) is 0 Å². The van der Waals surface area contributed by atoms with Gasteiger partial charge in [0.2, 0.25) is 0 Å². The molecule has 0 unspecified atom stereocenters. The maximum absolute atomic E-state index is 12.2. The Hall–Kier alpha value is -1.43. The Morgan fingerprint density at radius 1 is 1.25 bits per heavy atom. The zero-order valence-corrected chi connectivity index (χ0v) is 11.9. The van der Waals surface area contributed by atoms with Crippen LogP contribution in [0.25, 0.3) is 0 Å². The third-order valence-electron chi connectivity index (χ3n) is 2.70. The molecule has 0 bridgehead atoms. The highest BCUT2D eigenvalue weighted by Gasteiger charge is 2.29. The van der Waals surface area contributed by atoms with E-state index in [0.717, 1.165) is 11.6 Å². The number of thioether (sulfide) groups is 1. The van der Waals surface area contributed by atoms with Crippen molar-refractivity contribution < 1.29 is 23.1 Å². The minimum atomic E-state index is -4.30. The van der Waals surface area contributed by atoms with Crippen molar-refractivity contribution in [1.82, 2.24) is 0 Å². The number of alkyl halides is 3. The van der Waals surface area contributed by atoms with Crippen LogP contribution in [0.1, 0.15) is 19.4 Å². The molecule has 0 saturated heterocycles. The van der Waals surface area contributed by atoms with Crippen molar-refractivity contribution in [3.63, 3.8) is 0 Å². The number of carbonyl (C=O) groups excluding carboxylic acids is 1. The van der Waals surface area contributed by atoms with E-state index in [9.17, 15) is 18.0 Å². The lowest BCUT2D eigenvalue weighted by atomic mass is 9.81. The van der Waals surface area contributed by atoms with Gasteiger partial charge in [0, 0.05) is 16.4 Å². The first kappa shape index (κ1) is 16.6. The van der Waals surface area contributed by atoms with Crippen molar-refractivity contribution >= 4 is 17.5 Å². The van der Waals surface area contributed by atoms with Crippen molar-refractivity contribution in [1.29, 1.82) is 0 Å². The first-order chi connectivity index (χ1) is 9.14. The van der Waals surface area contributed by atoms with Gasteiger partial charge in [-0.2, -0.15) is 13.2 Å². The minimum absolute atomic E-state index is 0.112. The van der Waals surface area contributed by atoms with Crippen LogP contribution in [-0.4, -0.2) is 16.4 Å². The zero-order chi connectivity index (χ0) is 15.4. The third kappa shape index (κ3) is 5.28. The SMILES string of the molecule is CC(C)(Cc1ccc(SC(F)(F)F)cc1)C(=O)C=CO. The topological polar surface area (TPSA) is 37.3 Å². The van der Waals surface area contributed by atoms with Gasteiger partial charge in [-0.15, -0.1) is 0 Å². The molecule has 0 aliphatic rings. The molecule has 1 rings (SSSR count). The van der Waals surface area contributed by atoms with E-state index in [2.05, 4.69) is 0 Å². The van der Waals surface area contributed by atoms with Gasteiger partial charge in [-0.25, -0.2) is 0 Å². The molecule has 0 heterocycles. The summed E-state index contributed by atoms with van der Waals surface area (Å²) in [6.07, 6.45) is 2.15. The molecule has 0 spiro atoms. The Balaban J connectivity index is 2.77. The molecule has 2 nitrogen and oxygen atoms in total. The predicted molar refractivity (Wildman–Crippen MR) is 72.6 cm³/mol. The van der Waals surface area contributed by atoms with Gasteiger partial charge in [0.15, 0.2) is 5.78 Å². The summed E-state index contributed by atoms with van der Waals surface area (Å²) in [5.41, 5.74) is -4.26. The Labute approximate surface area is 119 Å². The van der Waals surface area contributed by atoms with E-state index >= 15 is 0 Å². The highest BCUT2D eigenvalue weighted by Crippen LogP contribution is 2.37. The van der Waals surface area contributed by atoms with Crippen molar-refractivity contribution in [2.24, 2.45) is 5.41 Å². The van der Waals surface area contributed by atoms with Crippen LogP contribution in [0, 0.1) is 5.41 Å². The number of hydrogen-bond acceptors (Lipinski definition) is 3. The molecule has 20 heavy (non-hydrogen) atoms. The summed E-state index contributed by atoms with van der Waals surface area (Å²) >= 11 is -0.169. The van der Waals surface area contributed by atoms with Gasteiger partial charge in [-0.3, -0.25) is 4.79 Å². The number of hydrogen-bond donors (Lipinski definition) is 1. The maximum atomic E-state index is 12.2. The van der Waals surface area contributed by atoms with E-state index in [4.69, 9.17) is 5.11 Å². The fourth-order valence-corrected chi connectivity index (χ4v) is 2.24. The summed E-state index contributed by atoms with van der Waals surface area (Å²) in [5, 5.41) is 8.60. The van der Waals surface area contributed by atoms with Crippen molar-refractivity contribution in [2.45, 2.75) is 30.7 Å². The average molecular weight is 304 g/mol. The van der Waals surface area contributed by atoms with Gasteiger partial charge in [-0.05, 0) is 35.9 Å². The lowest BCUT2D eigenvalue weighted by Gasteiger charge is -2.21. The van der Waals surface area contributed by atoms with Crippen LogP contribution in [0.2, 0.25) is 0 Å². The number of aliphatic hydroxyl groups excluding tert-OH is 1. The quantitative estimate of drug-likeness (QED) is 0.494. The van der Waals surface area contributed by atoms with Crippen LogP contribution in [0.3, 0.4) is 0 Å². The smallest absolute Gasteiger partial charge is 0.446 e. The summed E-state index contributed by atoms with van der Waals surface area (Å²) in [6, 6.07) is 5.92. The molecule has 0 fully saturated rings. The Kier molecular flexibility index (Phi) is 5.28. The number of halogens is 3.